The third kappa shape index (κ3) is 2.42. The van der Waals surface area contributed by atoms with Gasteiger partial charge in [0.25, 0.3) is 0 Å². The summed E-state index contributed by atoms with van der Waals surface area (Å²) >= 11 is 8.11. The standard InChI is InChI=1S/C14H14ClN3S/c1-2-16-13-10-7-19-8-12(10)17-14(18-13)9-5-3-4-6-11(9)15/h3-6H,2,7-8H2,1H3,(H,16,17,18). The summed E-state index contributed by atoms with van der Waals surface area (Å²) in [6.07, 6.45) is 0. The van der Waals surface area contributed by atoms with Crippen LogP contribution in [0.2, 0.25) is 5.02 Å². The second kappa shape index (κ2) is 5.39. The monoisotopic (exact) mass is 291 g/mol. The zero-order valence-electron chi connectivity index (χ0n) is 10.6. The summed E-state index contributed by atoms with van der Waals surface area (Å²) in [6, 6.07) is 7.71. The molecule has 1 N–H and O–H groups in total. The van der Waals surface area contributed by atoms with Crippen molar-refractivity contribution in [2.45, 2.75) is 18.4 Å². The summed E-state index contributed by atoms with van der Waals surface area (Å²) in [5.74, 6) is 3.60. The van der Waals surface area contributed by atoms with Crippen LogP contribution in [0.5, 0.6) is 0 Å². The molecule has 0 amide bonds. The van der Waals surface area contributed by atoms with Gasteiger partial charge < -0.3 is 5.32 Å². The molecule has 98 valence electrons. The zero-order chi connectivity index (χ0) is 13.2. The molecule has 0 spiro atoms. The topological polar surface area (TPSA) is 37.8 Å². The van der Waals surface area contributed by atoms with E-state index in [9.17, 15) is 0 Å². The Balaban J connectivity index is 2.13. The lowest BCUT2D eigenvalue weighted by atomic mass is 10.2. The number of benzene rings is 1. The number of nitrogens with zero attached hydrogens (tertiary/aromatic N) is 2. The Labute approximate surface area is 121 Å². The van der Waals surface area contributed by atoms with Crippen molar-refractivity contribution in [3.63, 3.8) is 0 Å². The number of aromatic nitrogens is 2. The van der Waals surface area contributed by atoms with Crippen LogP contribution < -0.4 is 5.32 Å². The lowest BCUT2D eigenvalue weighted by Gasteiger charge is -2.11. The summed E-state index contributed by atoms with van der Waals surface area (Å²) in [4.78, 5) is 9.32. The fourth-order valence-corrected chi connectivity index (χ4v) is 3.39. The van der Waals surface area contributed by atoms with Gasteiger partial charge in [0.05, 0.1) is 10.7 Å². The number of thioether (sulfide) groups is 1. The van der Waals surface area contributed by atoms with E-state index in [1.165, 1.54) is 5.56 Å². The van der Waals surface area contributed by atoms with Gasteiger partial charge in [-0.1, -0.05) is 23.7 Å². The van der Waals surface area contributed by atoms with Crippen LogP contribution in [-0.4, -0.2) is 16.5 Å². The van der Waals surface area contributed by atoms with E-state index in [1.54, 1.807) is 0 Å². The first-order valence-corrected chi connectivity index (χ1v) is 7.79. The molecule has 0 fully saturated rings. The molecule has 0 aliphatic carbocycles. The lowest BCUT2D eigenvalue weighted by Crippen LogP contribution is -2.06. The van der Waals surface area contributed by atoms with Gasteiger partial charge in [0.2, 0.25) is 0 Å². The van der Waals surface area contributed by atoms with Crippen LogP contribution in [0.1, 0.15) is 18.2 Å². The largest absolute Gasteiger partial charge is 0.370 e. The minimum atomic E-state index is 0.690. The van der Waals surface area contributed by atoms with Crippen molar-refractivity contribution >= 4 is 29.2 Å². The highest BCUT2D eigenvalue weighted by Crippen LogP contribution is 2.35. The Morgan fingerprint density at radius 1 is 1.26 bits per heavy atom. The molecule has 0 saturated carbocycles. The number of halogens is 1. The van der Waals surface area contributed by atoms with E-state index in [0.717, 1.165) is 35.1 Å². The molecule has 1 aliphatic rings. The van der Waals surface area contributed by atoms with Gasteiger partial charge in [0, 0.05) is 29.2 Å². The highest BCUT2D eigenvalue weighted by atomic mass is 35.5. The maximum Gasteiger partial charge on any atom is 0.163 e. The average molecular weight is 292 g/mol. The summed E-state index contributed by atoms with van der Waals surface area (Å²) < 4.78 is 0. The molecule has 1 aromatic carbocycles. The SMILES string of the molecule is CCNc1nc(-c2ccccc2Cl)nc2c1CSC2. The fourth-order valence-electron chi connectivity index (χ4n) is 2.13. The average Bonchev–Trinajstić information content (AvgIpc) is 2.88. The number of fused-ring (bicyclic) bond motifs is 1. The molecule has 0 unspecified atom stereocenters. The molecule has 0 saturated heterocycles. The van der Waals surface area contributed by atoms with Crippen LogP contribution in [0.3, 0.4) is 0 Å². The van der Waals surface area contributed by atoms with Crippen LogP contribution in [0, 0.1) is 0 Å². The van der Waals surface area contributed by atoms with E-state index >= 15 is 0 Å². The normalized spacial score (nSPS) is 13.4. The van der Waals surface area contributed by atoms with Crippen LogP contribution in [-0.2, 0) is 11.5 Å². The number of anilines is 1. The molecule has 3 rings (SSSR count). The van der Waals surface area contributed by atoms with E-state index in [1.807, 2.05) is 36.0 Å². The first kappa shape index (κ1) is 12.8. The van der Waals surface area contributed by atoms with Crippen molar-refractivity contribution in [2.75, 3.05) is 11.9 Å². The van der Waals surface area contributed by atoms with E-state index in [2.05, 4.69) is 22.2 Å². The van der Waals surface area contributed by atoms with Gasteiger partial charge in [0.15, 0.2) is 5.82 Å². The highest BCUT2D eigenvalue weighted by Gasteiger charge is 2.20. The smallest absolute Gasteiger partial charge is 0.163 e. The van der Waals surface area contributed by atoms with E-state index < -0.39 is 0 Å². The Morgan fingerprint density at radius 3 is 2.89 bits per heavy atom. The van der Waals surface area contributed by atoms with Crippen molar-refractivity contribution in [3.05, 3.63) is 40.5 Å². The molecular formula is C14H14ClN3S. The lowest BCUT2D eigenvalue weighted by molar-refractivity contribution is 1.05. The van der Waals surface area contributed by atoms with Gasteiger partial charge >= 0.3 is 0 Å². The van der Waals surface area contributed by atoms with Crippen LogP contribution in [0.25, 0.3) is 11.4 Å². The molecule has 0 radical (unpaired) electrons. The van der Waals surface area contributed by atoms with Gasteiger partial charge in [-0.15, -0.1) is 0 Å². The molecule has 2 heterocycles. The number of hydrogen-bond donors (Lipinski definition) is 1. The van der Waals surface area contributed by atoms with E-state index in [0.29, 0.717) is 10.8 Å². The van der Waals surface area contributed by atoms with Crippen molar-refractivity contribution in [2.24, 2.45) is 0 Å². The van der Waals surface area contributed by atoms with E-state index in [-0.39, 0.29) is 0 Å². The van der Waals surface area contributed by atoms with Gasteiger partial charge in [0.1, 0.15) is 5.82 Å². The molecule has 19 heavy (non-hydrogen) atoms. The summed E-state index contributed by atoms with van der Waals surface area (Å²) in [5, 5.41) is 4.02. The first-order valence-electron chi connectivity index (χ1n) is 6.26. The number of rotatable bonds is 3. The summed E-state index contributed by atoms with van der Waals surface area (Å²) in [5.41, 5.74) is 3.26. The molecular weight excluding hydrogens is 278 g/mol. The van der Waals surface area contributed by atoms with Crippen molar-refractivity contribution < 1.29 is 0 Å². The van der Waals surface area contributed by atoms with Gasteiger partial charge in [-0.3, -0.25) is 0 Å². The zero-order valence-corrected chi connectivity index (χ0v) is 12.2. The Kier molecular flexibility index (Phi) is 3.62. The van der Waals surface area contributed by atoms with Crippen molar-refractivity contribution in [3.8, 4) is 11.4 Å². The Bertz CT molecular complexity index is 616. The highest BCUT2D eigenvalue weighted by molar-refractivity contribution is 7.98. The second-order valence-corrected chi connectivity index (χ2v) is 5.72. The third-order valence-electron chi connectivity index (χ3n) is 3.04. The first-order chi connectivity index (χ1) is 9.29. The van der Waals surface area contributed by atoms with Crippen LogP contribution >= 0.6 is 23.4 Å². The van der Waals surface area contributed by atoms with Crippen LogP contribution in [0.15, 0.2) is 24.3 Å². The maximum atomic E-state index is 6.23. The Hall–Kier alpha value is -1.26. The molecule has 1 aromatic heterocycles. The van der Waals surface area contributed by atoms with Crippen molar-refractivity contribution in [1.82, 2.24) is 9.97 Å². The molecule has 3 nitrogen and oxygen atoms in total. The van der Waals surface area contributed by atoms with Crippen molar-refractivity contribution in [1.29, 1.82) is 0 Å². The fraction of sp³-hybridized carbons (Fsp3) is 0.286. The van der Waals surface area contributed by atoms with Crippen LogP contribution in [0.4, 0.5) is 5.82 Å². The number of hydrogen-bond acceptors (Lipinski definition) is 4. The van der Waals surface area contributed by atoms with Gasteiger partial charge in [-0.25, -0.2) is 9.97 Å². The summed E-state index contributed by atoms with van der Waals surface area (Å²) in [6.45, 7) is 2.93. The molecule has 0 atom stereocenters. The molecule has 0 bridgehead atoms. The third-order valence-corrected chi connectivity index (χ3v) is 4.34. The Morgan fingerprint density at radius 2 is 2.11 bits per heavy atom. The predicted molar refractivity (Wildman–Crippen MR) is 81.6 cm³/mol. The second-order valence-electron chi connectivity index (χ2n) is 4.32. The van der Waals surface area contributed by atoms with Gasteiger partial charge in [-0.2, -0.15) is 11.8 Å². The minimum absolute atomic E-state index is 0.690. The maximum absolute atomic E-state index is 6.23. The number of nitrogens with one attached hydrogen (secondary N) is 1. The predicted octanol–water partition coefficient (Wildman–Crippen LogP) is 3.98. The van der Waals surface area contributed by atoms with E-state index in [4.69, 9.17) is 11.6 Å². The summed E-state index contributed by atoms with van der Waals surface area (Å²) in [7, 11) is 0. The molecule has 5 heteroatoms. The molecule has 1 aliphatic heterocycles. The quantitative estimate of drug-likeness (QED) is 0.928. The van der Waals surface area contributed by atoms with Gasteiger partial charge in [-0.05, 0) is 19.1 Å². The molecule has 2 aromatic rings. The minimum Gasteiger partial charge on any atom is -0.370 e.